The van der Waals surface area contributed by atoms with Gasteiger partial charge in [-0.3, -0.25) is 0 Å². The lowest BCUT2D eigenvalue weighted by molar-refractivity contribution is 0.0246. The van der Waals surface area contributed by atoms with Crippen molar-refractivity contribution in [1.82, 2.24) is 4.90 Å². The summed E-state index contributed by atoms with van der Waals surface area (Å²) in [5.41, 5.74) is 2.18. The number of hydrogen-bond acceptors (Lipinski definition) is 2. The molecule has 3 rings (SSSR count). The summed E-state index contributed by atoms with van der Waals surface area (Å²) in [7, 11) is 0. The number of carbonyl (C=O) groups is 1. The monoisotopic (exact) mass is 365 g/mol. The van der Waals surface area contributed by atoms with Gasteiger partial charge in [-0.15, -0.1) is 0 Å². The zero-order chi connectivity index (χ0) is 19.4. The molecule has 0 aromatic heterocycles. The highest BCUT2D eigenvalue weighted by atomic mass is 16.6. The summed E-state index contributed by atoms with van der Waals surface area (Å²) in [6, 6.07) is 21.3. The number of likely N-dealkylation sites (tertiary alicyclic amines) is 1. The number of carbonyl (C=O) groups excluding carboxylic acids is 1. The van der Waals surface area contributed by atoms with E-state index in [0.717, 1.165) is 13.0 Å². The van der Waals surface area contributed by atoms with Crippen LogP contribution in [-0.4, -0.2) is 29.7 Å². The molecule has 1 saturated heterocycles. The average molecular weight is 366 g/mol. The molecule has 2 aromatic rings. The van der Waals surface area contributed by atoms with Gasteiger partial charge in [-0.05, 0) is 50.2 Å². The quantitative estimate of drug-likeness (QED) is 0.670. The van der Waals surface area contributed by atoms with E-state index in [1.165, 1.54) is 11.1 Å². The third kappa shape index (κ3) is 4.91. The first kappa shape index (κ1) is 19.5. The maximum atomic E-state index is 12.8. The lowest BCUT2D eigenvalue weighted by Crippen LogP contribution is -2.39. The molecular formula is C24H31NO2. The van der Waals surface area contributed by atoms with E-state index in [2.05, 4.69) is 61.5 Å². The van der Waals surface area contributed by atoms with Crippen molar-refractivity contribution in [2.75, 3.05) is 13.1 Å². The minimum atomic E-state index is -0.476. The Labute approximate surface area is 163 Å². The van der Waals surface area contributed by atoms with Gasteiger partial charge >= 0.3 is 6.09 Å². The normalized spacial score (nSPS) is 23.6. The average Bonchev–Trinajstić information content (AvgIpc) is 2.81. The van der Waals surface area contributed by atoms with E-state index in [4.69, 9.17) is 4.74 Å². The van der Waals surface area contributed by atoms with Crippen molar-refractivity contribution < 1.29 is 9.53 Å². The molecule has 3 heteroatoms. The van der Waals surface area contributed by atoms with Gasteiger partial charge in [0.1, 0.15) is 5.60 Å². The summed E-state index contributed by atoms with van der Waals surface area (Å²) < 4.78 is 5.68. The second-order valence-corrected chi connectivity index (χ2v) is 8.61. The molecule has 1 aliphatic rings. The van der Waals surface area contributed by atoms with Gasteiger partial charge in [0, 0.05) is 19.0 Å². The van der Waals surface area contributed by atoms with Crippen LogP contribution < -0.4 is 0 Å². The van der Waals surface area contributed by atoms with Crippen LogP contribution in [0.3, 0.4) is 0 Å². The fraction of sp³-hybridized carbons (Fsp3) is 0.458. The highest BCUT2D eigenvalue weighted by Gasteiger charge is 2.35. The topological polar surface area (TPSA) is 29.5 Å². The van der Waals surface area contributed by atoms with E-state index in [0.29, 0.717) is 18.4 Å². The Hall–Kier alpha value is -2.29. The zero-order valence-electron chi connectivity index (χ0n) is 16.9. The summed E-state index contributed by atoms with van der Waals surface area (Å²) in [6.07, 6.45) is 0.748. The summed E-state index contributed by atoms with van der Waals surface area (Å²) >= 11 is 0. The van der Waals surface area contributed by atoms with Crippen molar-refractivity contribution in [2.45, 2.75) is 51.6 Å². The van der Waals surface area contributed by atoms with Crippen LogP contribution in [0.25, 0.3) is 0 Å². The number of ether oxygens (including phenoxy) is 1. The first-order valence-corrected chi connectivity index (χ1v) is 9.93. The van der Waals surface area contributed by atoms with Crippen LogP contribution in [0.4, 0.5) is 4.79 Å². The van der Waals surface area contributed by atoms with Crippen molar-refractivity contribution in [3.05, 3.63) is 71.8 Å². The summed E-state index contributed by atoms with van der Waals surface area (Å²) in [5, 5.41) is 0. The molecular weight excluding hydrogens is 334 g/mol. The molecule has 0 aliphatic carbocycles. The minimum Gasteiger partial charge on any atom is -0.444 e. The zero-order valence-corrected chi connectivity index (χ0v) is 16.9. The molecule has 0 bridgehead atoms. The summed E-state index contributed by atoms with van der Waals surface area (Å²) in [6.45, 7) is 9.52. The first-order chi connectivity index (χ1) is 12.8. The molecule has 0 N–H and O–H groups in total. The van der Waals surface area contributed by atoms with Crippen molar-refractivity contribution in [3.63, 3.8) is 0 Å². The van der Waals surface area contributed by atoms with Crippen LogP contribution in [-0.2, 0) is 4.74 Å². The van der Waals surface area contributed by atoms with Gasteiger partial charge in [-0.2, -0.15) is 0 Å². The smallest absolute Gasteiger partial charge is 0.410 e. The highest BCUT2D eigenvalue weighted by molar-refractivity contribution is 5.68. The molecule has 0 unspecified atom stereocenters. The second kappa shape index (κ2) is 8.16. The standard InChI is InChI=1S/C24H31NO2/c1-18-21(19-11-7-5-8-12-19)15-16-25(23(26)27-24(2,3)4)17-22(18)20-13-9-6-10-14-20/h5-14,18,21-22H,15-17H2,1-4H3/t18-,21+,22-/m0/s1. The number of hydrogen-bond donors (Lipinski definition) is 0. The van der Waals surface area contributed by atoms with Crippen LogP contribution in [0.15, 0.2) is 60.7 Å². The minimum absolute atomic E-state index is 0.204. The predicted octanol–water partition coefficient (Wildman–Crippen LogP) is 5.83. The Morgan fingerprint density at radius 1 is 0.926 bits per heavy atom. The molecule has 1 fully saturated rings. The molecule has 3 atom stereocenters. The molecule has 0 saturated carbocycles. The van der Waals surface area contributed by atoms with Crippen LogP contribution in [0, 0.1) is 5.92 Å². The molecule has 1 heterocycles. The first-order valence-electron chi connectivity index (χ1n) is 9.93. The van der Waals surface area contributed by atoms with E-state index in [-0.39, 0.29) is 12.0 Å². The van der Waals surface area contributed by atoms with Gasteiger partial charge in [0.05, 0.1) is 0 Å². The molecule has 3 nitrogen and oxygen atoms in total. The van der Waals surface area contributed by atoms with E-state index in [9.17, 15) is 4.79 Å². The van der Waals surface area contributed by atoms with E-state index >= 15 is 0 Å². The van der Waals surface area contributed by atoms with Crippen LogP contribution >= 0.6 is 0 Å². The SMILES string of the molecule is C[C@@H]1[C@@H](c2ccccc2)CN(C(=O)OC(C)(C)C)CC[C@H]1c1ccccc1. The Balaban J connectivity index is 1.91. The Bertz CT molecular complexity index is 736. The van der Waals surface area contributed by atoms with Crippen LogP contribution in [0.5, 0.6) is 0 Å². The van der Waals surface area contributed by atoms with Crippen molar-refractivity contribution in [3.8, 4) is 0 Å². The van der Waals surface area contributed by atoms with E-state index < -0.39 is 5.60 Å². The third-order valence-corrected chi connectivity index (χ3v) is 5.50. The second-order valence-electron chi connectivity index (χ2n) is 8.61. The van der Waals surface area contributed by atoms with E-state index in [1.807, 2.05) is 31.7 Å². The fourth-order valence-corrected chi connectivity index (χ4v) is 4.11. The molecule has 1 amide bonds. The van der Waals surface area contributed by atoms with Gasteiger partial charge in [-0.25, -0.2) is 4.79 Å². The predicted molar refractivity (Wildman–Crippen MR) is 110 cm³/mol. The molecule has 144 valence electrons. The third-order valence-electron chi connectivity index (χ3n) is 5.50. The maximum absolute atomic E-state index is 12.8. The van der Waals surface area contributed by atoms with Gasteiger partial charge in [-0.1, -0.05) is 67.6 Å². The maximum Gasteiger partial charge on any atom is 0.410 e. The van der Waals surface area contributed by atoms with Crippen LogP contribution in [0.2, 0.25) is 0 Å². The number of nitrogens with zero attached hydrogens (tertiary/aromatic N) is 1. The highest BCUT2D eigenvalue weighted by Crippen LogP contribution is 2.41. The molecule has 1 aliphatic heterocycles. The Morgan fingerprint density at radius 3 is 1.96 bits per heavy atom. The lowest BCUT2D eigenvalue weighted by Gasteiger charge is -2.31. The fourth-order valence-electron chi connectivity index (χ4n) is 4.11. The van der Waals surface area contributed by atoms with E-state index in [1.54, 1.807) is 0 Å². The number of amides is 1. The van der Waals surface area contributed by atoms with Crippen molar-refractivity contribution in [1.29, 1.82) is 0 Å². The number of benzene rings is 2. The number of rotatable bonds is 2. The van der Waals surface area contributed by atoms with Crippen molar-refractivity contribution >= 4 is 6.09 Å². The lowest BCUT2D eigenvalue weighted by atomic mass is 9.76. The molecule has 27 heavy (non-hydrogen) atoms. The van der Waals surface area contributed by atoms with Crippen LogP contribution in [0.1, 0.15) is 57.1 Å². The van der Waals surface area contributed by atoms with Gasteiger partial charge in [0.15, 0.2) is 0 Å². The summed E-state index contributed by atoms with van der Waals surface area (Å²) in [5.74, 6) is 1.14. The van der Waals surface area contributed by atoms with Crippen molar-refractivity contribution in [2.24, 2.45) is 5.92 Å². The van der Waals surface area contributed by atoms with Gasteiger partial charge in [0.2, 0.25) is 0 Å². The molecule has 0 spiro atoms. The largest absolute Gasteiger partial charge is 0.444 e. The van der Waals surface area contributed by atoms with Gasteiger partial charge in [0.25, 0.3) is 0 Å². The molecule has 2 aromatic carbocycles. The molecule has 0 radical (unpaired) electrons. The Morgan fingerprint density at radius 2 is 1.44 bits per heavy atom. The Kier molecular flexibility index (Phi) is 5.88. The summed E-state index contributed by atoms with van der Waals surface area (Å²) in [4.78, 5) is 14.7. The van der Waals surface area contributed by atoms with Gasteiger partial charge < -0.3 is 9.64 Å².